The molecule has 0 aliphatic heterocycles. The first-order chi connectivity index (χ1) is 9.05. The van der Waals surface area contributed by atoms with Gasteiger partial charge in [-0.05, 0) is 31.5 Å². The lowest BCUT2D eigenvalue weighted by atomic mass is 9.88. The molecule has 0 aliphatic rings. The minimum atomic E-state index is -0.789. The monoisotopic (exact) mass is 258 g/mol. The first-order valence-electron chi connectivity index (χ1n) is 6.38. The van der Waals surface area contributed by atoms with E-state index in [0.717, 1.165) is 10.9 Å². The lowest BCUT2D eigenvalue weighted by Crippen LogP contribution is -2.34. The lowest BCUT2D eigenvalue weighted by Gasteiger charge is -2.23. The summed E-state index contributed by atoms with van der Waals surface area (Å²) < 4.78 is 0. The number of hydrogen-bond acceptors (Lipinski definition) is 3. The Labute approximate surface area is 112 Å². The fourth-order valence-electron chi connectivity index (χ4n) is 1.80. The highest BCUT2D eigenvalue weighted by Gasteiger charge is 2.30. The normalized spacial score (nSPS) is 14.0. The van der Waals surface area contributed by atoms with Gasteiger partial charge in [0.1, 0.15) is 5.82 Å². The molecule has 0 saturated carbocycles. The molecule has 2 rings (SSSR count). The molecule has 1 unspecified atom stereocenters. The maximum atomic E-state index is 11.2. The van der Waals surface area contributed by atoms with E-state index in [1.807, 2.05) is 43.3 Å². The van der Waals surface area contributed by atoms with Crippen molar-refractivity contribution in [2.75, 3.05) is 11.9 Å². The van der Waals surface area contributed by atoms with Gasteiger partial charge in [0.05, 0.1) is 10.9 Å². The molecule has 0 fully saturated rings. The van der Waals surface area contributed by atoms with E-state index in [9.17, 15) is 9.90 Å². The molecule has 0 spiro atoms. The summed E-state index contributed by atoms with van der Waals surface area (Å²) in [5, 5.41) is 13.4. The van der Waals surface area contributed by atoms with Gasteiger partial charge < -0.3 is 10.4 Å². The third kappa shape index (κ3) is 2.84. The maximum absolute atomic E-state index is 11.2. The van der Waals surface area contributed by atoms with Crippen molar-refractivity contribution in [3.05, 3.63) is 36.4 Å². The fourth-order valence-corrected chi connectivity index (χ4v) is 1.80. The van der Waals surface area contributed by atoms with Crippen molar-refractivity contribution in [3.63, 3.8) is 0 Å². The molecule has 0 saturated heterocycles. The number of benzene rings is 1. The van der Waals surface area contributed by atoms with Crippen molar-refractivity contribution >= 4 is 22.7 Å². The van der Waals surface area contributed by atoms with E-state index < -0.39 is 11.4 Å². The number of carboxylic acids is 1. The van der Waals surface area contributed by atoms with Gasteiger partial charge in [0.15, 0.2) is 0 Å². The predicted octanol–water partition coefficient (Wildman–Crippen LogP) is 3.15. The zero-order chi connectivity index (χ0) is 13.9. The molecule has 100 valence electrons. The molecule has 0 aliphatic carbocycles. The highest BCUT2D eigenvalue weighted by atomic mass is 16.4. The summed E-state index contributed by atoms with van der Waals surface area (Å²) in [7, 11) is 0. The van der Waals surface area contributed by atoms with Gasteiger partial charge in [-0.3, -0.25) is 4.79 Å². The molecule has 0 bridgehead atoms. The van der Waals surface area contributed by atoms with Gasteiger partial charge in [-0.25, -0.2) is 4.98 Å². The highest BCUT2D eigenvalue weighted by molar-refractivity contribution is 5.80. The molecule has 1 aromatic heterocycles. The maximum Gasteiger partial charge on any atom is 0.311 e. The third-order valence-corrected chi connectivity index (χ3v) is 3.55. The number of aromatic nitrogens is 1. The summed E-state index contributed by atoms with van der Waals surface area (Å²) in [6.07, 6.45) is 0.572. The van der Waals surface area contributed by atoms with E-state index >= 15 is 0 Å². The van der Waals surface area contributed by atoms with Crippen molar-refractivity contribution in [2.45, 2.75) is 20.3 Å². The SMILES string of the molecule is CCC(C)(CNc1ccc2ccccc2n1)C(=O)O. The van der Waals surface area contributed by atoms with E-state index in [4.69, 9.17) is 0 Å². The zero-order valence-electron chi connectivity index (χ0n) is 11.2. The molecule has 4 heteroatoms. The summed E-state index contributed by atoms with van der Waals surface area (Å²) in [6.45, 7) is 3.98. The van der Waals surface area contributed by atoms with Gasteiger partial charge in [0, 0.05) is 11.9 Å². The number of para-hydroxylation sites is 1. The van der Waals surface area contributed by atoms with Crippen LogP contribution in [-0.2, 0) is 4.79 Å². The summed E-state index contributed by atoms with van der Waals surface area (Å²) in [4.78, 5) is 15.7. The van der Waals surface area contributed by atoms with Gasteiger partial charge in [0.25, 0.3) is 0 Å². The van der Waals surface area contributed by atoms with E-state index in [-0.39, 0.29) is 0 Å². The van der Waals surface area contributed by atoms with Gasteiger partial charge in [0.2, 0.25) is 0 Å². The Hall–Kier alpha value is -2.10. The standard InChI is InChI=1S/C15H18N2O2/c1-3-15(2,14(18)19)10-16-13-9-8-11-6-4-5-7-12(11)17-13/h4-9H,3,10H2,1-2H3,(H,16,17)(H,18,19). The number of pyridine rings is 1. The Morgan fingerprint density at radius 1 is 1.32 bits per heavy atom. The second kappa shape index (κ2) is 5.26. The molecular formula is C15H18N2O2. The van der Waals surface area contributed by atoms with Crippen LogP contribution in [0.15, 0.2) is 36.4 Å². The number of carboxylic acid groups (broad SMARTS) is 1. The van der Waals surface area contributed by atoms with Crippen molar-refractivity contribution in [1.82, 2.24) is 4.98 Å². The first kappa shape index (κ1) is 13.3. The van der Waals surface area contributed by atoms with Crippen LogP contribution in [0.5, 0.6) is 0 Å². The number of aliphatic carboxylic acids is 1. The lowest BCUT2D eigenvalue weighted by molar-refractivity contribution is -0.147. The summed E-state index contributed by atoms with van der Waals surface area (Å²) >= 11 is 0. The number of rotatable bonds is 5. The largest absolute Gasteiger partial charge is 0.481 e. The van der Waals surface area contributed by atoms with Crippen molar-refractivity contribution in [1.29, 1.82) is 0 Å². The van der Waals surface area contributed by atoms with E-state index in [2.05, 4.69) is 10.3 Å². The average Bonchev–Trinajstić information content (AvgIpc) is 2.44. The van der Waals surface area contributed by atoms with Crippen molar-refractivity contribution in [2.24, 2.45) is 5.41 Å². The Morgan fingerprint density at radius 2 is 2.05 bits per heavy atom. The summed E-state index contributed by atoms with van der Waals surface area (Å²) in [6, 6.07) is 11.7. The number of nitrogens with zero attached hydrogens (tertiary/aromatic N) is 1. The van der Waals surface area contributed by atoms with Gasteiger partial charge in [-0.1, -0.05) is 25.1 Å². The Bertz CT molecular complexity index is 597. The first-order valence-corrected chi connectivity index (χ1v) is 6.38. The zero-order valence-corrected chi connectivity index (χ0v) is 11.2. The molecule has 1 aromatic carbocycles. The van der Waals surface area contributed by atoms with Crippen LogP contribution in [0.25, 0.3) is 10.9 Å². The van der Waals surface area contributed by atoms with Crippen LogP contribution in [0.2, 0.25) is 0 Å². The van der Waals surface area contributed by atoms with Crippen molar-refractivity contribution in [3.8, 4) is 0 Å². The van der Waals surface area contributed by atoms with Crippen LogP contribution in [0.3, 0.4) is 0 Å². The quantitative estimate of drug-likeness (QED) is 0.864. The number of fused-ring (bicyclic) bond motifs is 1. The molecule has 1 atom stereocenters. The van der Waals surface area contributed by atoms with Crippen LogP contribution in [0.1, 0.15) is 20.3 Å². The van der Waals surface area contributed by atoms with Crippen LogP contribution >= 0.6 is 0 Å². The fraction of sp³-hybridized carbons (Fsp3) is 0.333. The number of nitrogens with one attached hydrogen (secondary N) is 1. The molecule has 1 heterocycles. The van der Waals surface area contributed by atoms with Gasteiger partial charge in [-0.2, -0.15) is 0 Å². The Kier molecular flexibility index (Phi) is 3.69. The van der Waals surface area contributed by atoms with Crippen LogP contribution in [0.4, 0.5) is 5.82 Å². The van der Waals surface area contributed by atoms with E-state index in [0.29, 0.717) is 18.8 Å². The summed E-state index contributed by atoms with van der Waals surface area (Å²) in [5.41, 5.74) is 0.133. The molecule has 4 nitrogen and oxygen atoms in total. The average molecular weight is 258 g/mol. The third-order valence-electron chi connectivity index (χ3n) is 3.55. The van der Waals surface area contributed by atoms with Crippen molar-refractivity contribution < 1.29 is 9.90 Å². The second-order valence-corrected chi connectivity index (χ2v) is 4.96. The smallest absolute Gasteiger partial charge is 0.311 e. The number of anilines is 1. The topological polar surface area (TPSA) is 62.2 Å². The Balaban J connectivity index is 2.15. The van der Waals surface area contributed by atoms with Gasteiger partial charge in [-0.15, -0.1) is 0 Å². The molecule has 0 radical (unpaired) electrons. The minimum Gasteiger partial charge on any atom is -0.481 e. The molecule has 0 amide bonds. The minimum absolute atomic E-state index is 0.365. The number of carbonyl (C=O) groups is 1. The van der Waals surface area contributed by atoms with Crippen LogP contribution < -0.4 is 5.32 Å². The number of hydrogen-bond donors (Lipinski definition) is 2. The van der Waals surface area contributed by atoms with Gasteiger partial charge >= 0.3 is 5.97 Å². The molecule has 2 aromatic rings. The van der Waals surface area contributed by atoms with E-state index in [1.165, 1.54) is 0 Å². The predicted molar refractivity (Wildman–Crippen MR) is 76.3 cm³/mol. The molecule has 2 N–H and O–H groups in total. The molecular weight excluding hydrogens is 240 g/mol. The summed E-state index contributed by atoms with van der Waals surface area (Å²) in [5.74, 6) is -0.0806. The second-order valence-electron chi connectivity index (χ2n) is 4.96. The Morgan fingerprint density at radius 3 is 2.74 bits per heavy atom. The van der Waals surface area contributed by atoms with Crippen LogP contribution in [-0.4, -0.2) is 22.6 Å². The molecule has 19 heavy (non-hydrogen) atoms. The van der Waals surface area contributed by atoms with Crippen LogP contribution in [0, 0.1) is 5.41 Å². The highest BCUT2D eigenvalue weighted by Crippen LogP contribution is 2.22. The van der Waals surface area contributed by atoms with E-state index in [1.54, 1.807) is 6.92 Å².